The van der Waals surface area contributed by atoms with Gasteiger partial charge in [-0.25, -0.2) is 0 Å². The average Bonchev–Trinajstić information content (AvgIpc) is 3.59. The first kappa shape index (κ1) is 30.1. The Morgan fingerprint density at radius 1 is 0.821 bits per heavy atom. The molecule has 0 aromatic heterocycles. The van der Waals surface area contributed by atoms with Crippen molar-refractivity contribution in [2.24, 2.45) is 0 Å². The zero-order valence-electron chi connectivity index (χ0n) is 23.1. The largest absolute Gasteiger partial charge is 0.184 e. The molecule has 0 spiro atoms. The van der Waals surface area contributed by atoms with Crippen molar-refractivity contribution in [1.82, 2.24) is 0 Å². The minimum atomic E-state index is -0.826. The summed E-state index contributed by atoms with van der Waals surface area (Å²) in [4.78, 5) is 0. The molecule has 0 fully saturated rings. The van der Waals surface area contributed by atoms with Gasteiger partial charge in [0.1, 0.15) is 0 Å². The van der Waals surface area contributed by atoms with Crippen LogP contribution in [0.1, 0.15) is 56.7 Å². The maximum absolute atomic E-state index is 4.93. The number of rotatable bonds is 5. The summed E-state index contributed by atoms with van der Waals surface area (Å²) in [6.45, 7) is 9.11. The Morgan fingerprint density at radius 2 is 1.49 bits per heavy atom. The molecule has 39 heavy (non-hydrogen) atoms. The van der Waals surface area contributed by atoms with E-state index in [1.807, 2.05) is 6.07 Å². The predicted octanol–water partition coefficient (Wildman–Crippen LogP) is 9.36. The van der Waals surface area contributed by atoms with E-state index in [9.17, 15) is 0 Å². The van der Waals surface area contributed by atoms with Gasteiger partial charge >= 0.3 is 37.9 Å². The fourth-order valence-electron chi connectivity index (χ4n) is 5.28. The molecule has 2 radical (unpaired) electrons. The SMILES string of the molecule is CCc1ccccc1-c1c(CC)ccc2[cH-]c(C(C)CC)cc12.[Cl][Zr+2][Cl].[c-]1cccc2c1[Si]c1ccccc1-2. The summed E-state index contributed by atoms with van der Waals surface area (Å²) in [5.41, 5.74) is 10.0. The van der Waals surface area contributed by atoms with Crippen LogP contribution >= 0.6 is 17.0 Å². The van der Waals surface area contributed by atoms with E-state index in [2.05, 4.69) is 119 Å². The van der Waals surface area contributed by atoms with Crippen LogP contribution in [0.4, 0.5) is 0 Å². The molecule has 0 saturated carbocycles. The third kappa shape index (κ3) is 6.91. The first-order chi connectivity index (χ1) is 19.1. The molecule has 0 bridgehead atoms. The molecule has 0 N–H and O–H groups in total. The maximum atomic E-state index is 4.93. The number of hydrogen-bond acceptors (Lipinski definition) is 0. The third-order valence-electron chi connectivity index (χ3n) is 7.56. The molecule has 5 aromatic carbocycles. The summed E-state index contributed by atoms with van der Waals surface area (Å²) in [6.07, 6.45) is 3.35. The summed E-state index contributed by atoms with van der Waals surface area (Å²) < 4.78 is 0. The van der Waals surface area contributed by atoms with Crippen LogP contribution in [-0.4, -0.2) is 9.52 Å². The Bertz CT molecular complexity index is 1480. The van der Waals surface area contributed by atoms with Crippen LogP contribution in [0.15, 0.2) is 91.0 Å². The van der Waals surface area contributed by atoms with Gasteiger partial charge in [-0.2, -0.15) is 35.5 Å². The van der Waals surface area contributed by atoms with E-state index in [4.69, 9.17) is 17.0 Å². The molecule has 0 nitrogen and oxygen atoms in total. The van der Waals surface area contributed by atoms with Crippen molar-refractivity contribution in [3.05, 3.63) is 114 Å². The van der Waals surface area contributed by atoms with E-state index in [0.29, 0.717) is 5.92 Å². The summed E-state index contributed by atoms with van der Waals surface area (Å²) >= 11 is -0.826. The normalized spacial score (nSPS) is 11.8. The van der Waals surface area contributed by atoms with E-state index in [-0.39, 0.29) is 0 Å². The zero-order valence-corrected chi connectivity index (χ0v) is 28.1. The fourth-order valence-corrected chi connectivity index (χ4v) is 6.59. The molecule has 0 amide bonds. The molecule has 4 heteroatoms. The first-order valence-electron chi connectivity index (χ1n) is 13.7. The molecular weight excluding hydrogens is 611 g/mol. The number of fused-ring (bicyclic) bond motifs is 4. The van der Waals surface area contributed by atoms with E-state index in [1.54, 1.807) is 0 Å². The topological polar surface area (TPSA) is 0 Å². The van der Waals surface area contributed by atoms with E-state index in [0.717, 1.165) is 22.4 Å². The van der Waals surface area contributed by atoms with E-state index < -0.39 is 20.8 Å². The molecule has 6 rings (SSSR count). The van der Waals surface area contributed by atoms with E-state index in [1.165, 1.54) is 66.5 Å². The Hall–Kier alpha value is -1.83. The second-order valence-electron chi connectivity index (χ2n) is 9.77. The van der Waals surface area contributed by atoms with Gasteiger partial charge in [0, 0.05) is 0 Å². The molecule has 1 unspecified atom stereocenters. The molecule has 1 aliphatic heterocycles. The van der Waals surface area contributed by atoms with Crippen LogP contribution in [0.25, 0.3) is 33.0 Å². The summed E-state index contributed by atoms with van der Waals surface area (Å²) in [6, 6.07) is 36.5. The number of hydrogen-bond donors (Lipinski definition) is 0. The van der Waals surface area contributed by atoms with Crippen LogP contribution in [0.5, 0.6) is 0 Å². The van der Waals surface area contributed by atoms with Crippen molar-refractivity contribution in [2.45, 2.75) is 52.9 Å². The van der Waals surface area contributed by atoms with Crippen LogP contribution in [-0.2, 0) is 33.7 Å². The standard InChI is InChI=1S/C23H27.C12H7Si.2ClH.Zr/c1-5-16(4)20-14-19-13-12-18(7-3)23(22(19)15-20)21-11-9-8-10-17(21)6-2;1-3-7-11-9(5-1)10-6-2-4-8-12(10)13-11;;;/h8-16H,5-7H2,1-4H3;1-7H;2*1H;/q2*-1;;;+4/p-2. The van der Waals surface area contributed by atoms with Gasteiger partial charge in [0.05, 0.1) is 9.52 Å². The van der Waals surface area contributed by atoms with Gasteiger partial charge in [0.25, 0.3) is 0 Å². The van der Waals surface area contributed by atoms with Crippen molar-refractivity contribution in [3.63, 3.8) is 0 Å². The smallest absolute Gasteiger partial charge is 0.0920 e. The van der Waals surface area contributed by atoms with Crippen molar-refractivity contribution >= 4 is 47.7 Å². The van der Waals surface area contributed by atoms with Gasteiger partial charge in [0.15, 0.2) is 0 Å². The Labute approximate surface area is 255 Å². The maximum Gasteiger partial charge on any atom is 0.0920 e. The third-order valence-corrected chi connectivity index (χ3v) is 8.93. The molecule has 196 valence electrons. The molecule has 5 aromatic rings. The Morgan fingerprint density at radius 3 is 2.21 bits per heavy atom. The Kier molecular flexibility index (Phi) is 11.4. The minimum Gasteiger partial charge on any atom is -0.184 e. The van der Waals surface area contributed by atoms with Gasteiger partial charge in [-0.15, -0.1) is 40.1 Å². The second kappa shape index (κ2) is 14.7. The quantitative estimate of drug-likeness (QED) is 0.130. The van der Waals surface area contributed by atoms with Crippen LogP contribution in [0.3, 0.4) is 0 Å². The summed E-state index contributed by atoms with van der Waals surface area (Å²) in [7, 11) is 10.7. The molecule has 0 aliphatic carbocycles. The molecule has 0 saturated heterocycles. The summed E-state index contributed by atoms with van der Waals surface area (Å²) in [5, 5.41) is 5.64. The van der Waals surface area contributed by atoms with Crippen LogP contribution < -0.4 is 10.4 Å². The van der Waals surface area contributed by atoms with Crippen molar-refractivity contribution in [3.8, 4) is 22.3 Å². The van der Waals surface area contributed by atoms with E-state index >= 15 is 0 Å². The fraction of sp³-hybridized carbons (Fsp3) is 0.229. The second-order valence-corrected chi connectivity index (χ2v) is 14.8. The predicted molar refractivity (Wildman–Crippen MR) is 170 cm³/mol. The Balaban J connectivity index is 0.000000184. The van der Waals surface area contributed by atoms with Gasteiger partial charge in [0.2, 0.25) is 0 Å². The van der Waals surface area contributed by atoms with Crippen LogP contribution in [0, 0.1) is 6.07 Å². The molecule has 1 heterocycles. The average molecular weight is 645 g/mol. The molecule has 1 atom stereocenters. The monoisotopic (exact) mass is 642 g/mol. The number of benzene rings is 4. The van der Waals surface area contributed by atoms with Crippen LogP contribution in [0.2, 0.25) is 0 Å². The molecule has 1 aliphatic rings. The van der Waals surface area contributed by atoms with Gasteiger partial charge < -0.3 is 0 Å². The van der Waals surface area contributed by atoms with Crippen molar-refractivity contribution in [2.75, 3.05) is 0 Å². The van der Waals surface area contributed by atoms with Crippen molar-refractivity contribution in [1.29, 1.82) is 0 Å². The number of halogens is 2. The van der Waals surface area contributed by atoms with Gasteiger partial charge in [-0.05, 0) is 29.9 Å². The first-order valence-corrected chi connectivity index (χ1v) is 21.0. The molecular formula is C35H34Cl2SiZr. The van der Waals surface area contributed by atoms with Gasteiger partial charge in [-0.1, -0.05) is 105 Å². The summed E-state index contributed by atoms with van der Waals surface area (Å²) in [5.74, 6) is 0.627. The van der Waals surface area contributed by atoms with Crippen molar-refractivity contribution < 1.29 is 20.8 Å². The number of aryl methyl sites for hydroxylation is 2. The zero-order chi connectivity index (χ0) is 27.8. The minimum absolute atomic E-state index is 0.627. The van der Waals surface area contributed by atoms with Gasteiger partial charge in [-0.3, -0.25) is 0 Å².